The average Bonchev–Trinajstić information content (AvgIpc) is 2.57. The van der Waals surface area contributed by atoms with Crippen LogP contribution in [0.25, 0.3) is 0 Å². The van der Waals surface area contributed by atoms with Gasteiger partial charge in [-0.1, -0.05) is 32.4 Å². The summed E-state index contributed by atoms with van der Waals surface area (Å²) in [5.74, 6) is 0. The molecular weight excluding hydrogens is 258 g/mol. The molecule has 3 nitrogen and oxygen atoms in total. The Balaban J connectivity index is 2.67. The molecule has 2 unspecified atom stereocenters. The third-order valence-corrected chi connectivity index (χ3v) is 6.39. The van der Waals surface area contributed by atoms with Crippen LogP contribution in [0.4, 0.5) is 0 Å². The van der Waals surface area contributed by atoms with E-state index < -0.39 is 9.84 Å². The minimum Gasteiger partial charge on any atom is -0.309 e. The first-order chi connectivity index (χ1) is 8.95. The van der Waals surface area contributed by atoms with Crippen molar-refractivity contribution in [2.45, 2.75) is 56.7 Å². The standard InChI is InChI=1S/C15H23NO2S/c1-5-7-12-14(16-6-2)13-10(3)8-9-11(4)15(13)19(12,17)18/h8-9,12,14,16H,5-7H2,1-4H3. The topological polar surface area (TPSA) is 46.2 Å². The van der Waals surface area contributed by atoms with Crippen LogP contribution in [0.3, 0.4) is 0 Å². The summed E-state index contributed by atoms with van der Waals surface area (Å²) in [5.41, 5.74) is 2.95. The Bertz CT molecular complexity index is 578. The molecule has 2 rings (SSSR count). The molecule has 1 N–H and O–H groups in total. The van der Waals surface area contributed by atoms with E-state index in [1.807, 2.05) is 39.8 Å². The number of hydrogen-bond acceptors (Lipinski definition) is 3. The number of aryl methyl sites for hydroxylation is 2. The van der Waals surface area contributed by atoms with Crippen LogP contribution >= 0.6 is 0 Å². The molecule has 19 heavy (non-hydrogen) atoms. The molecule has 0 saturated carbocycles. The highest BCUT2D eigenvalue weighted by atomic mass is 32.2. The summed E-state index contributed by atoms with van der Waals surface area (Å²) in [5, 5.41) is 3.07. The van der Waals surface area contributed by atoms with Gasteiger partial charge in [0, 0.05) is 0 Å². The van der Waals surface area contributed by atoms with Crippen molar-refractivity contribution in [2.75, 3.05) is 6.54 Å². The van der Waals surface area contributed by atoms with Crippen molar-refractivity contribution in [3.63, 3.8) is 0 Å². The van der Waals surface area contributed by atoms with Gasteiger partial charge in [-0.2, -0.15) is 0 Å². The first-order valence-electron chi connectivity index (χ1n) is 7.02. The van der Waals surface area contributed by atoms with Gasteiger partial charge in [-0.3, -0.25) is 0 Å². The molecule has 1 aromatic rings. The highest BCUT2D eigenvalue weighted by Gasteiger charge is 2.45. The van der Waals surface area contributed by atoms with Crippen LogP contribution in [-0.2, 0) is 9.84 Å². The Hall–Kier alpha value is -0.870. The Kier molecular flexibility index (Phi) is 4.02. The van der Waals surface area contributed by atoms with Crippen molar-refractivity contribution in [3.8, 4) is 0 Å². The van der Waals surface area contributed by atoms with Gasteiger partial charge < -0.3 is 5.32 Å². The van der Waals surface area contributed by atoms with E-state index in [4.69, 9.17) is 0 Å². The molecule has 0 aromatic heterocycles. The number of hydrogen-bond donors (Lipinski definition) is 1. The predicted molar refractivity (Wildman–Crippen MR) is 78.2 cm³/mol. The van der Waals surface area contributed by atoms with Crippen molar-refractivity contribution in [2.24, 2.45) is 0 Å². The molecule has 0 radical (unpaired) electrons. The normalized spacial score (nSPS) is 24.4. The van der Waals surface area contributed by atoms with Gasteiger partial charge in [0.1, 0.15) is 0 Å². The van der Waals surface area contributed by atoms with E-state index in [1.54, 1.807) is 0 Å². The Morgan fingerprint density at radius 3 is 2.37 bits per heavy atom. The van der Waals surface area contributed by atoms with Crippen LogP contribution in [0, 0.1) is 13.8 Å². The van der Waals surface area contributed by atoms with Crippen LogP contribution in [0.15, 0.2) is 17.0 Å². The first kappa shape index (κ1) is 14.5. The van der Waals surface area contributed by atoms with Gasteiger partial charge in [0.2, 0.25) is 0 Å². The van der Waals surface area contributed by atoms with E-state index in [1.165, 1.54) is 0 Å². The number of sulfone groups is 1. The van der Waals surface area contributed by atoms with Crippen molar-refractivity contribution in [1.29, 1.82) is 0 Å². The van der Waals surface area contributed by atoms with Crippen LogP contribution < -0.4 is 5.32 Å². The molecule has 1 aliphatic rings. The summed E-state index contributed by atoms with van der Waals surface area (Å²) in [6, 6.07) is 3.90. The molecule has 0 bridgehead atoms. The fraction of sp³-hybridized carbons (Fsp3) is 0.600. The van der Waals surface area contributed by atoms with Crippen LogP contribution in [-0.4, -0.2) is 20.2 Å². The summed E-state index contributed by atoms with van der Waals surface area (Å²) in [6.45, 7) is 8.76. The lowest BCUT2D eigenvalue weighted by Gasteiger charge is -2.20. The van der Waals surface area contributed by atoms with E-state index in [2.05, 4.69) is 5.32 Å². The number of fused-ring (bicyclic) bond motifs is 1. The maximum Gasteiger partial charge on any atom is 0.183 e. The van der Waals surface area contributed by atoms with Crippen molar-refractivity contribution in [1.82, 2.24) is 5.32 Å². The summed E-state index contributed by atoms with van der Waals surface area (Å²) in [6.07, 6.45) is 1.60. The predicted octanol–water partition coefficient (Wildman–Crippen LogP) is 2.91. The van der Waals surface area contributed by atoms with Gasteiger partial charge in [-0.25, -0.2) is 8.42 Å². The Morgan fingerprint density at radius 2 is 1.79 bits per heavy atom. The zero-order valence-electron chi connectivity index (χ0n) is 12.2. The van der Waals surface area contributed by atoms with E-state index in [9.17, 15) is 8.42 Å². The lowest BCUT2D eigenvalue weighted by atomic mass is 9.95. The fourth-order valence-electron chi connectivity index (χ4n) is 3.15. The minimum absolute atomic E-state index is 0.0511. The molecule has 4 heteroatoms. The number of nitrogens with one attached hydrogen (secondary N) is 1. The molecule has 0 fully saturated rings. The van der Waals surface area contributed by atoms with Gasteiger partial charge >= 0.3 is 0 Å². The fourth-order valence-corrected chi connectivity index (χ4v) is 5.70. The monoisotopic (exact) mass is 281 g/mol. The summed E-state index contributed by atoms with van der Waals surface area (Å²) in [7, 11) is -3.20. The maximum absolute atomic E-state index is 12.8. The van der Waals surface area contributed by atoms with Gasteiger partial charge in [0.15, 0.2) is 9.84 Å². The Morgan fingerprint density at radius 1 is 1.16 bits per heavy atom. The lowest BCUT2D eigenvalue weighted by molar-refractivity contribution is 0.491. The average molecular weight is 281 g/mol. The molecule has 106 valence electrons. The van der Waals surface area contributed by atoms with E-state index in [0.29, 0.717) is 11.3 Å². The number of rotatable bonds is 4. The van der Waals surface area contributed by atoms with E-state index >= 15 is 0 Å². The van der Waals surface area contributed by atoms with Gasteiger partial charge in [0.25, 0.3) is 0 Å². The van der Waals surface area contributed by atoms with Gasteiger partial charge in [-0.15, -0.1) is 0 Å². The smallest absolute Gasteiger partial charge is 0.183 e. The highest BCUT2D eigenvalue weighted by molar-refractivity contribution is 7.92. The van der Waals surface area contributed by atoms with Crippen LogP contribution in [0.5, 0.6) is 0 Å². The SMILES string of the molecule is CCCC1C(NCC)c2c(C)ccc(C)c2S1(=O)=O. The number of benzene rings is 1. The van der Waals surface area contributed by atoms with Crippen LogP contribution in [0.1, 0.15) is 49.4 Å². The highest BCUT2D eigenvalue weighted by Crippen LogP contribution is 2.44. The van der Waals surface area contributed by atoms with Crippen molar-refractivity contribution >= 4 is 9.84 Å². The molecule has 1 aliphatic heterocycles. The second-order valence-electron chi connectivity index (χ2n) is 5.35. The second-order valence-corrected chi connectivity index (χ2v) is 7.45. The minimum atomic E-state index is -3.20. The summed E-state index contributed by atoms with van der Waals surface area (Å²) in [4.78, 5) is 0.580. The molecule has 1 aromatic carbocycles. The largest absolute Gasteiger partial charge is 0.309 e. The summed E-state index contributed by atoms with van der Waals surface area (Å²) < 4.78 is 25.6. The second kappa shape index (κ2) is 5.25. The van der Waals surface area contributed by atoms with Gasteiger partial charge in [0.05, 0.1) is 16.2 Å². The van der Waals surface area contributed by atoms with E-state index in [-0.39, 0.29) is 11.3 Å². The molecule has 2 atom stereocenters. The Labute approximate surface area is 116 Å². The molecule has 0 saturated heterocycles. The third-order valence-electron chi connectivity index (χ3n) is 3.97. The zero-order valence-corrected chi connectivity index (χ0v) is 13.0. The maximum atomic E-state index is 12.8. The molecule has 0 spiro atoms. The third kappa shape index (κ3) is 2.21. The quantitative estimate of drug-likeness (QED) is 0.923. The molecule has 1 heterocycles. The zero-order chi connectivity index (χ0) is 14.2. The lowest BCUT2D eigenvalue weighted by Crippen LogP contribution is -2.31. The van der Waals surface area contributed by atoms with Gasteiger partial charge in [-0.05, 0) is 43.5 Å². The van der Waals surface area contributed by atoms with Crippen LogP contribution in [0.2, 0.25) is 0 Å². The summed E-state index contributed by atoms with van der Waals surface area (Å²) >= 11 is 0. The molecular formula is C15H23NO2S. The van der Waals surface area contributed by atoms with Crippen molar-refractivity contribution in [3.05, 3.63) is 28.8 Å². The van der Waals surface area contributed by atoms with Crippen molar-refractivity contribution < 1.29 is 8.42 Å². The molecule has 0 aliphatic carbocycles. The molecule has 0 amide bonds. The first-order valence-corrected chi connectivity index (χ1v) is 8.57. The van der Waals surface area contributed by atoms with E-state index in [0.717, 1.165) is 29.7 Å².